The summed E-state index contributed by atoms with van der Waals surface area (Å²) in [4.78, 5) is 9.38. The van der Waals surface area contributed by atoms with Gasteiger partial charge in [0.25, 0.3) is 0 Å². The Bertz CT molecular complexity index is 1240. The van der Waals surface area contributed by atoms with Crippen LogP contribution in [0.2, 0.25) is 0 Å². The number of hydrogen-bond acceptors (Lipinski definition) is 5. The van der Waals surface area contributed by atoms with Crippen LogP contribution in [0.15, 0.2) is 72.1 Å². The molecular formula is C20H16N6S. The predicted octanol–water partition coefficient (Wildman–Crippen LogP) is 4.06. The summed E-state index contributed by atoms with van der Waals surface area (Å²) in [5.41, 5.74) is 3.95. The van der Waals surface area contributed by atoms with E-state index in [1.807, 2.05) is 83.1 Å². The molecule has 0 aliphatic heterocycles. The van der Waals surface area contributed by atoms with Gasteiger partial charge in [-0.05, 0) is 31.2 Å². The lowest BCUT2D eigenvalue weighted by Gasteiger charge is -2.05. The molecule has 27 heavy (non-hydrogen) atoms. The Balaban J connectivity index is 1.47. The maximum atomic E-state index is 4.79. The Kier molecular flexibility index (Phi) is 3.86. The molecule has 0 atom stereocenters. The number of nitrogens with zero attached hydrogens (tertiary/aromatic N) is 6. The van der Waals surface area contributed by atoms with Crippen molar-refractivity contribution in [3.8, 4) is 5.69 Å². The fraction of sp³-hybridized carbons (Fsp3) is 0.100. The molecule has 0 unspecified atom stereocenters. The Hall–Kier alpha value is -3.19. The molecule has 0 aliphatic carbocycles. The van der Waals surface area contributed by atoms with E-state index in [2.05, 4.69) is 15.2 Å². The average molecular weight is 372 g/mol. The highest BCUT2D eigenvalue weighted by Gasteiger charge is 2.12. The van der Waals surface area contributed by atoms with Gasteiger partial charge in [-0.15, -0.1) is 5.10 Å². The summed E-state index contributed by atoms with van der Waals surface area (Å²) >= 11 is 1.64. The van der Waals surface area contributed by atoms with Crippen molar-refractivity contribution in [1.29, 1.82) is 0 Å². The third-order valence-corrected chi connectivity index (χ3v) is 5.28. The first-order valence-corrected chi connectivity index (χ1v) is 9.60. The van der Waals surface area contributed by atoms with Crippen LogP contribution in [0.25, 0.3) is 22.2 Å². The van der Waals surface area contributed by atoms with Crippen LogP contribution in [0.4, 0.5) is 0 Å². The predicted molar refractivity (Wildman–Crippen MR) is 106 cm³/mol. The zero-order valence-corrected chi connectivity index (χ0v) is 15.5. The van der Waals surface area contributed by atoms with Crippen molar-refractivity contribution in [3.05, 3.63) is 78.4 Å². The minimum Gasteiger partial charge on any atom is -0.241 e. The normalized spacial score (nSPS) is 11.4. The van der Waals surface area contributed by atoms with Crippen LogP contribution in [0.3, 0.4) is 0 Å². The van der Waals surface area contributed by atoms with E-state index in [9.17, 15) is 0 Å². The second-order valence-corrected chi connectivity index (χ2v) is 7.17. The van der Waals surface area contributed by atoms with Crippen LogP contribution >= 0.6 is 11.8 Å². The molecule has 0 amide bonds. The highest BCUT2D eigenvalue weighted by atomic mass is 32.2. The third kappa shape index (κ3) is 2.96. The minimum atomic E-state index is 0.743. The monoisotopic (exact) mass is 372 g/mol. The number of aromatic nitrogens is 6. The van der Waals surface area contributed by atoms with Crippen LogP contribution in [0, 0.1) is 6.92 Å². The Labute approximate surface area is 159 Å². The van der Waals surface area contributed by atoms with Gasteiger partial charge < -0.3 is 0 Å². The third-order valence-electron chi connectivity index (χ3n) is 4.28. The summed E-state index contributed by atoms with van der Waals surface area (Å²) in [7, 11) is 0. The molecule has 3 aromatic heterocycles. The number of aryl methyl sites for hydroxylation is 1. The molecule has 0 saturated carbocycles. The molecule has 2 aromatic carbocycles. The van der Waals surface area contributed by atoms with Crippen LogP contribution in [0.1, 0.15) is 11.4 Å². The maximum Gasteiger partial charge on any atom is 0.191 e. The number of para-hydroxylation sites is 2. The molecule has 0 fully saturated rings. The number of hydrogen-bond donors (Lipinski definition) is 0. The zero-order valence-electron chi connectivity index (χ0n) is 14.6. The Morgan fingerprint density at radius 2 is 1.78 bits per heavy atom. The van der Waals surface area contributed by atoms with Gasteiger partial charge in [0.15, 0.2) is 10.8 Å². The van der Waals surface area contributed by atoms with Gasteiger partial charge in [-0.25, -0.2) is 14.6 Å². The molecule has 132 valence electrons. The molecule has 5 rings (SSSR count). The van der Waals surface area contributed by atoms with Crippen LogP contribution in [-0.2, 0) is 5.75 Å². The molecule has 3 heterocycles. The van der Waals surface area contributed by atoms with Gasteiger partial charge in [0.2, 0.25) is 0 Å². The van der Waals surface area contributed by atoms with Crippen molar-refractivity contribution in [3.63, 3.8) is 0 Å². The van der Waals surface area contributed by atoms with Crippen molar-refractivity contribution in [2.45, 2.75) is 17.8 Å². The van der Waals surface area contributed by atoms with Gasteiger partial charge in [0.1, 0.15) is 5.82 Å². The summed E-state index contributed by atoms with van der Waals surface area (Å²) in [6.07, 6.45) is 3.94. The van der Waals surface area contributed by atoms with Crippen molar-refractivity contribution in [2.75, 3.05) is 0 Å². The van der Waals surface area contributed by atoms with Crippen LogP contribution in [-0.4, -0.2) is 29.4 Å². The number of benzene rings is 2. The highest BCUT2D eigenvalue weighted by Crippen LogP contribution is 2.26. The average Bonchev–Trinajstić information content (AvgIpc) is 3.33. The van der Waals surface area contributed by atoms with Gasteiger partial charge in [-0.1, -0.05) is 42.1 Å². The molecule has 5 aromatic rings. The molecule has 0 spiro atoms. The van der Waals surface area contributed by atoms with Gasteiger partial charge >= 0.3 is 0 Å². The second kappa shape index (κ2) is 6.51. The summed E-state index contributed by atoms with van der Waals surface area (Å²) < 4.78 is 3.73. The van der Waals surface area contributed by atoms with Crippen molar-refractivity contribution >= 4 is 28.3 Å². The molecular weight excluding hydrogens is 356 g/mol. The molecule has 7 heteroatoms. The fourth-order valence-electron chi connectivity index (χ4n) is 3.03. The maximum absolute atomic E-state index is 4.79. The first kappa shape index (κ1) is 16.0. The van der Waals surface area contributed by atoms with E-state index in [4.69, 9.17) is 4.98 Å². The Morgan fingerprint density at radius 1 is 0.963 bits per heavy atom. The lowest BCUT2D eigenvalue weighted by atomic mass is 10.2. The van der Waals surface area contributed by atoms with Gasteiger partial charge in [0.05, 0.1) is 17.4 Å². The summed E-state index contributed by atoms with van der Waals surface area (Å²) in [6.45, 7) is 1.90. The lowest BCUT2D eigenvalue weighted by molar-refractivity contribution is 0.797. The molecule has 0 N–H and O–H groups in total. The quantitative estimate of drug-likeness (QED) is 0.352. The standard InChI is InChI=1S/C20H16N6S/c1-14-22-19-17-9-5-6-10-18(17)23-20(26(19)24-14)27-13-15-11-21-25(12-15)16-7-3-2-4-8-16/h2-12H,13H2,1H3. The smallest absolute Gasteiger partial charge is 0.191 e. The van der Waals surface area contributed by atoms with Crippen LogP contribution < -0.4 is 0 Å². The van der Waals surface area contributed by atoms with Crippen molar-refractivity contribution < 1.29 is 0 Å². The topological polar surface area (TPSA) is 60.9 Å². The van der Waals surface area contributed by atoms with E-state index < -0.39 is 0 Å². The number of thioether (sulfide) groups is 1. The zero-order chi connectivity index (χ0) is 18.2. The molecule has 0 aliphatic rings. The summed E-state index contributed by atoms with van der Waals surface area (Å²) in [5, 5.41) is 10.8. The summed E-state index contributed by atoms with van der Waals surface area (Å²) in [5.74, 6) is 1.50. The molecule has 0 bridgehead atoms. The van der Waals surface area contributed by atoms with Crippen molar-refractivity contribution in [1.82, 2.24) is 29.4 Å². The number of fused-ring (bicyclic) bond motifs is 3. The first-order chi connectivity index (χ1) is 13.3. The highest BCUT2D eigenvalue weighted by molar-refractivity contribution is 7.98. The van der Waals surface area contributed by atoms with E-state index >= 15 is 0 Å². The largest absolute Gasteiger partial charge is 0.241 e. The first-order valence-electron chi connectivity index (χ1n) is 8.62. The van der Waals surface area contributed by atoms with E-state index in [1.54, 1.807) is 11.8 Å². The number of rotatable bonds is 4. The van der Waals surface area contributed by atoms with E-state index in [-0.39, 0.29) is 0 Å². The second-order valence-electron chi connectivity index (χ2n) is 6.22. The van der Waals surface area contributed by atoms with E-state index in [0.717, 1.165) is 44.5 Å². The van der Waals surface area contributed by atoms with Gasteiger partial charge in [0, 0.05) is 22.9 Å². The molecule has 6 nitrogen and oxygen atoms in total. The Morgan fingerprint density at radius 3 is 2.67 bits per heavy atom. The van der Waals surface area contributed by atoms with Crippen molar-refractivity contribution in [2.24, 2.45) is 0 Å². The fourth-order valence-corrected chi connectivity index (χ4v) is 3.89. The summed E-state index contributed by atoms with van der Waals surface area (Å²) in [6, 6.07) is 18.1. The van der Waals surface area contributed by atoms with E-state index in [1.165, 1.54) is 0 Å². The SMILES string of the molecule is Cc1nc2c3ccccc3nc(SCc3cnn(-c4ccccc4)c3)n2n1. The minimum absolute atomic E-state index is 0.743. The molecule has 0 radical (unpaired) electrons. The van der Waals surface area contributed by atoms with Gasteiger partial charge in [-0.3, -0.25) is 0 Å². The lowest BCUT2D eigenvalue weighted by Crippen LogP contribution is -1.98. The van der Waals surface area contributed by atoms with Crippen LogP contribution in [0.5, 0.6) is 0 Å². The van der Waals surface area contributed by atoms with E-state index in [0.29, 0.717) is 0 Å². The molecule has 0 saturated heterocycles. The van der Waals surface area contributed by atoms with Gasteiger partial charge in [-0.2, -0.15) is 9.61 Å².